The maximum atomic E-state index is 10.8. The average molecular weight is 382 g/mol. The van der Waals surface area contributed by atoms with E-state index in [0.29, 0.717) is 11.5 Å². The van der Waals surface area contributed by atoms with Crippen LogP contribution >= 0.6 is 28.3 Å². The van der Waals surface area contributed by atoms with Crippen molar-refractivity contribution in [1.82, 2.24) is 5.32 Å². The van der Waals surface area contributed by atoms with Gasteiger partial charge in [-0.3, -0.25) is 4.79 Å². The molecular weight excluding hydrogens is 360 g/mol. The first-order chi connectivity index (χ1) is 9.58. The molecule has 0 aliphatic carbocycles. The Morgan fingerprint density at radius 2 is 2.14 bits per heavy atom. The third-order valence-corrected chi connectivity index (χ3v) is 3.27. The summed E-state index contributed by atoms with van der Waals surface area (Å²) in [5.41, 5.74) is 6.16. The van der Waals surface area contributed by atoms with Gasteiger partial charge in [0.25, 0.3) is 5.91 Å². The lowest BCUT2D eigenvalue weighted by Gasteiger charge is -2.14. The normalized spacial score (nSPS) is 9.86. The highest BCUT2D eigenvalue weighted by Crippen LogP contribution is 2.36. The molecule has 0 fully saturated rings. The summed E-state index contributed by atoms with van der Waals surface area (Å²) in [5.74, 6) is 0.542. The van der Waals surface area contributed by atoms with Gasteiger partial charge in [0.05, 0.1) is 11.6 Å². The molecule has 3 N–H and O–H groups in total. The minimum atomic E-state index is -0.524. The maximum absolute atomic E-state index is 10.8. The van der Waals surface area contributed by atoms with E-state index < -0.39 is 5.91 Å². The quantitative estimate of drug-likeness (QED) is 0.645. The van der Waals surface area contributed by atoms with Crippen LogP contribution in [-0.2, 0) is 11.3 Å². The average Bonchev–Trinajstić information content (AvgIpc) is 2.41. The lowest BCUT2D eigenvalue weighted by molar-refractivity contribution is -0.119. The maximum Gasteiger partial charge on any atom is 0.255 e. The van der Waals surface area contributed by atoms with E-state index in [1.54, 1.807) is 7.11 Å². The van der Waals surface area contributed by atoms with Crippen molar-refractivity contribution >= 4 is 34.2 Å². The Kier molecular flexibility index (Phi) is 10.2. The van der Waals surface area contributed by atoms with Gasteiger partial charge in [-0.2, -0.15) is 0 Å². The molecule has 120 valence electrons. The van der Waals surface area contributed by atoms with Crippen LogP contribution in [0.3, 0.4) is 0 Å². The van der Waals surface area contributed by atoms with Gasteiger partial charge in [-0.25, -0.2) is 0 Å². The molecule has 0 aliphatic heterocycles. The van der Waals surface area contributed by atoms with E-state index in [-0.39, 0.29) is 19.0 Å². The van der Waals surface area contributed by atoms with Gasteiger partial charge in [0.15, 0.2) is 18.1 Å². The van der Waals surface area contributed by atoms with E-state index in [2.05, 4.69) is 28.2 Å². The lowest BCUT2D eigenvalue weighted by Crippen LogP contribution is -2.20. The van der Waals surface area contributed by atoms with E-state index >= 15 is 0 Å². The zero-order valence-electron chi connectivity index (χ0n) is 12.3. The third-order valence-electron chi connectivity index (χ3n) is 2.68. The number of nitrogens with one attached hydrogen (secondary N) is 1. The molecule has 0 saturated heterocycles. The number of primary amides is 1. The topological polar surface area (TPSA) is 73.6 Å². The Bertz CT molecular complexity index is 458. The molecule has 0 atom stereocenters. The van der Waals surface area contributed by atoms with Crippen LogP contribution in [0.4, 0.5) is 0 Å². The summed E-state index contributed by atoms with van der Waals surface area (Å²) in [6.07, 6.45) is 2.32. The summed E-state index contributed by atoms with van der Waals surface area (Å²) in [6.45, 7) is 3.72. The molecule has 0 radical (unpaired) electrons. The van der Waals surface area contributed by atoms with Crippen molar-refractivity contribution in [3.8, 4) is 11.5 Å². The predicted octanol–water partition coefficient (Wildman–Crippen LogP) is 2.63. The van der Waals surface area contributed by atoms with Crippen molar-refractivity contribution in [2.45, 2.75) is 26.3 Å². The number of ether oxygens (including phenoxy) is 2. The number of hydrogen-bond donors (Lipinski definition) is 2. The number of benzene rings is 1. The molecule has 0 aliphatic rings. The van der Waals surface area contributed by atoms with Crippen molar-refractivity contribution in [3.63, 3.8) is 0 Å². The van der Waals surface area contributed by atoms with Crippen LogP contribution in [0.15, 0.2) is 16.6 Å². The van der Waals surface area contributed by atoms with Crippen LogP contribution in [0.2, 0.25) is 0 Å². The highest BCUT2D eigenvalue weighted by atomic mass is 79.9. The molecule has 7 heteroatoms. The monoisotopic (exact) mass is 380 g/mol. The number of carbonyl (C=O) groups excluding carboxylic acids is 1. The number of hydrogen-bond acceptors (Lipinski definition) is 4. The molecule has 21 heavy (non-hydrogen) atoms. The molecule has 0 saturated carbocycles. The number of carbonyl (C=O) groups is 1. The number of amides is 1. The van der Waals surface area contributed by atoms with Gasteiger partial charge in [-0.15, -0.1) is 12.4 Å². The van der Waals surface area contributed by atoms with E-state index in [0.717, 1.165) is 29.5 Å². The van der Waals surface area contributed by atoms with E-state index in [4.69, 9.17) is 15.2 Å². The van der Waals surface area contributed by atoms with Gasteiger partial charge in [0.1, 0.15) is 0 Å². The molecular formula is C14H22BrClN2O3. The van der Waals surface area contributed by atoms with Crippen molar-refractivity contribution in [2.24, 2.45) is 5.73 Å². The van der Waals surface area contributed by atoms with Gasteiger partial charge in [0.2, 0.25) is 0 Å². The van der Waals surface area contributed by atoms with E-state index in [1.165, 1.54) is 6.42 Å². The van der Waals surface area contributed by atoms with Crippen LogP contribution < -0.4 is 20.5 Å². The first-order valence-corrected chi connectivity index (χ1v) is 7.36. The van der Waals surface area contributed by atoms with E-state index in [1.807, 2.05) is 12.1 Å². The fourth-order valence-corrected chi connectivity index (χ4v) is 2.30. The first kappa shape index (κ1) is 20.0. The van der Waals surface area contributed by atoms with Crippen LogP contribution in [0.1, 0.15) is 25.3 Å². The van der Waals surface area contributed by atoms with Crippen molar-refractivity contribution in [1.29, 1.82) is 0 Å². The van der Waals surface area contributed by atoms with Gasteiger partial charge in [0, 0.05) is 6.54 Å². The van der Waals surface area contributed by atoms with Gasteiger partial charge in [-0.05, 0) is 46.6 Å². The number of rotatable bonds is 9. The second kappa shape index (κ2) is 10.7. The fourth-order valence-electron chi connectivity index (χ4n) is 1.69. The predicted molar refractivity (Wildman–Crippen MR) is 89.2 cm³/mol. The van der Waals surface area contributed by atoms with Gasteiger partial charge < -0.3 is 20.5 Å². The molecule has 0 heterocycles. The second-order valence-corrected chi connectivity index (χ2v) is 5.25. The van der Waals surface area contributed by atoms with Gasteiger partial charge >= 0.3 is 0 Å². The molecule has 0 unspecified atom stereocenters. The largest absolute Gasteiger partial charge is 0.493 e. The summed E-state index contributed by atoms with van der Waals surface area (Å²) >= 11 is 3.43. The zero-order valence-corrected chi connectivity index (χ0v) is 14.7. The SMILES string of the molecule is CCCCNCc1cc(Br)c(OCC(N)=O)c(OC)c1.Cl. The summed E-state index contributed by atoms with van der Waals surface area (Å²) in [4.78, 5) is 10.8. The van der Waals surface area contributed by atoms with Crippen LogP contribution in [0, 0.1) is 0 Å². The van der Waals surface area contributed by atoms with E-state index in [9.17, 15) is 4.79 Å². The Balaban J connectivity index is 0.00000400. The number of nitrogens with two attached hydrogens (primary N) is 1. The first-order valence-electron chi connectivity index (χ1n) is 6.56. The van der Waals surface area contributed by atoms with Crippen molar-refractivity contribution in [2.75, 3.05) is 20.3 Å². The second-order valence-electron chi connectivity index (χ2n) is 4.39. The molecule has 0 spiro atoms. The fraction of sp³-hybridized carbons (Fsp3) is 0.500. The Labute approximate surface area is 140 Å². The Hall–Kier alpha value is -0.980. The molecule has 1 rings (SSSR count). The molecule has 1 aromatic carbocycles. The van der Waals surface area contributed by atoms with Crippen molar-refractivity contribution < 1.29 is 14.3 Å². The number of halogens is 2. The lowest BCUT2D eigenvalue weighted by atomic mass is 10.2. The van der Waals surface area contributed by atoms with Crippen molar-refractivity contribution in [3.05, 3.63) is 22.2 Å². The smallest absolute Gasteiger partial charge is 0.255 e. The standard InChI is InChI=1S/C14H21BrN2O3.ClH/c1-3-4-5-17-8-10-6-11(15)14(12(7-10)19-2)20-9-13(16)18;/h6-7,17H,3-5,8-9H2,1-2H3,(H2,16,18);1H. The zero-order chi connectivity index (χ0) is 15.0. The highest BCUT2D eigenvalue weighted by molar-refractivity contribution is 9.10. The summed E-state index contributed by atoms with van der Waals surface area (Å²) in [6, 6.07) is 3.83. The molecule has 0 aromatic heterocycles. The molecule has 5 nitrogen and oxygen atoms in total. The van der Waals surface area contributed by atoms with Crippen LogP contribution in [0.25, 0.3) is 0 Å². The summed E-state index contributed by atoms with van der Waals surface area (Å²) in [5, 5.41) is 3.36. The van der Waals surface area contributed by atoms with Crippen LogP contribution in [0.5, 0.6) is 11.5 Å². The molecule has 1 aromatic rings. The molecule has 1 amide bonds. The number of methoxy groups -OCH3 is 1. The summed E-state index contributed by atoms with van der Waals surface area (Å²) < 4.78 is 11.4. The minimum Gasteiger partial charge on any atom is -0.493 e. The molecule has 0 bridgehead atoms. The summed E-state index contributed by atoms with van der Waals surface area (Å²) in [7, 11) is 1.56. The number of unbranched alkanes of at least 4 members (excludes halogenated alkanes) is 1. The third kappa shape index (κ3) is 7.02. The Morgan fingerprint density at radius 3 is 2.71 bits per heavy atom. The van der Waals surface area contributed by atoms with Gasteiger partial charge in [-0.1, -0.05) is 13.3 Å². The minimum absolute atomic E-state index is 0. The van der Waals surface area contributed by atoms with Crippen LogP contribution in [-0.4, -0.2) is 26.2 Å². The Morgan fingerprint density at radius 1 is 1.43 bits per heavy atom. The highest BCUT2D eigenvalue weighted by Gasteiger charge is 2.12.